The topological polar surface area (TPSA) is 136 Å². The molecule has 0 saturated heterocycles. The SMILES string of the molecule is CCN(c1ccccc1)S(=O)(=O)c1ccc(C(=O)OCC(=O)Nc2cccc([N+](=O)[O-])c2C)cc1. The van der Waals surface area contributed by atoms with Crippen LogP contribution in [0.2, 0.25) is 0 Å². The fraction of sp³-hybridized carbons (Fsp3) is 0.167. The number of ether oxygens (including phenoxy) is 1. The minimum Gasteiger partial charge on any atom is -0.452 e. The largest absolute Gasteiger partial charge is 0.452 e. The first-order valence-electron chi connectivity index (χ1n) is 10.5. The van der Waals surface area contributed by atoms with Crippen molar-refractivity contribution in [3.63, 3.8) is 0 Å². The number of anilines is 2. The van der Waals surface area contributed by atoms with Crippen LogP contribution >= 0.6 is 0 Å². The monoisotopic (exact) mass is 497 g/mol. The molecule has 0 atom stereocenters. The zero-order valence-electron chi connectivity index (χ0n) is 19.0. The maximum atomic E-state index is 13.0. The molecule has 0 unspecified atom stereocenters. The summed E-state index contributed by atoms with van der Waals surface area (Å²) in [4.78, 5) is 35.0. The van der Waals surface area contributed by atoms with E-state index in [0.29, 0.717) is 5.69 Å². The summed E-state index contributed by atoms with van der Waals surface area (Å²) in [6.45, 7) is 2.80. The second kappa shape index (κ2) is 10.8. The van der Waals surface area contributed by atoms with Gasteiger partial charge >= 0.3 is 5.97 Å². The first-order valence-corrected chi connectivity index (χ1v) is 12.0. The predicted octanol–water partition coefficient (Wildman–Crippen LogP) is 3.91. The van der Waals surface area contributed by atoms with Crippen LogP contribution in [0.4, 0.5) is 17.1 Å². The van der Waals surface area contributed by atoms with Gasteiger partial charge in [0.2, 0.25) is 0 Å². The Morgan fingerprint density at radius 3 is 2.26 bits per heavy atom. The summed E-state index contributed by atoms with van der Waals surface area (Å²) in [6.07, 6.45) is 0. The number of hydrogen-bond acceptors (Lipinski definition) is 7. The highest BCUT2D eigenvalue weighted by Gasteiger charge is 2.24. The average molecular weight is 498 g/mol. The first-order chi connectivity index (χ1) is 16.6. The van der Waals surface area contributed by atoms with Crippen LogP contribution in [0.15, 0.2) is 77.7 Å². The lowest BCUT2D eigenvalue weighted by atomic mass is 10.1. The number of carbonyl (C=O) groups is 2. The molecule has 10 nitrogen and oxygen atoms in total. The van der Waals surface area contributed by atoms with Crippen LogP contribution in [0.3, 0.4) is 0 Å². The molecular weight excluding hydrogens is 474 g/mol. The molecule has 0 bridgehead atoms. The Balaban J connectivity index is 1.65. The molecule has 0 aromatic heterocycles. The van der Waals surface area contributed by atoms with E-state index in [1.807, 2.05) is 0 Å². The molecule has 35 heavy (non-hydrogen) atoms. The number of esters is 1. The van der Waals surface area contributed by atoms with Crippen LogP contribution in [-0.2, 0) is 19.6 Å². The lowest BCUT2D eigenvalue weighted by Crippen LogP contribution is -2.30. The van der Waals surface area contributed by atoms with E-state index < -0.39 is 33.4 Å². The highest BCUT2D eigenvalue weighted by molar-refractivity contribution is 7.92. The van der Waals surface area contributed by atoms with Gasteiger partial charge in [-0.3, -0.25) is 19.2 Å². The van der Waals surface area contributed by atoms with Gasteiger partial charge in [-0.2, -0.15) is 0 Å². The van der Waals surface area contributed by atoms with Crippen LogP contribution in [0.25, 0.3) is 0 Å². The van der Waals surface area contributed by atoms with Crippen LogP contribution in [0.5, 0.6) is 0 Å². The molecule has 3 rings (SSSR count). The number of nitro groups is 1. The molecular formula is C24H23N3O7S. The van der Waals surface area contributed by atoms with Crippen molar-refractivity contribution in [1.82, 2.24) is 0 Å². The molecule has 0 radical (unpaired) electrons. The van der Waals surface area contributed by atoms with Gasteiger partial charge in [-0.15, -0.1) is 0 Å². The summed E-state index contributed by atoms with van der Waals surface area (Å²) < 4.78 is 32.3. The number of sulfonamides is 1. The second-order valence-electron chi connectivity index (χ2n) is 7.36. The first kappa shape index (κ1) is 25.4. The Morgan fingerprint density at radius 2 is 1.66 bits per heavy atom. The van der Waals surface area contributed by atoms with Crippen molar-refractivity contribution in [2.75, 3.05) is 22.8 Å². The van der Waals surface area contributed by atoms with E-state index in [2.05, 4.69) is 5.32 Å². The van der Waals surface area contributed by atoms with E-state index in [9.17, 15) is 28.1 Å². The van der Waals surface area contributed by atoms with E-state index in [0.717, 1.165) is 0 Å². The van der Waals surface area contributed by atoms with Crippen molar-refractivity contribution >= 4 is 39.0 Å². The predicted molar refractivity (Wildman–Crippen MR) is 130 cm³/mol. The van der Waals surface area contributed by atoms with Gasteiger partial charge in [0.25, 0.3) is 21.6 Å². The van der Waals surface area contributed by atoms with Gasteiger partial charge in [0.15, 0.2) is 6.61 Å². The Morgan fingerprint density at radius 1 is 1.00 bits per heavy atom. The highest BCUT2D eigenvalue weighted by atomic mass is 32.2. The molecule has 182 valence electrons. The van der Waals surface area contributed by atoms with Gasteiger partial charge in [0.05, 0.1) is 32.3 Å². The zero-order chi connectivity index (χ0) is 25.6. The summed E-state index contributed by atoms with van der Waals surface area (Å²) in [5, 5.41) is 13.5. The van der Waals surface area contributed by atoms with E-state index >= 15 is 0 Å². The molecule has 3 aromatic carbocycles. The number of rotatable bonds is 9. The second-order valence-corrected chi connectivity index (χ2v) is 9.22. The standard InChI is InChI=1S/C24H23N3O7S/c1-3-26(19-8-5-4-6-9-19)35(32,33)20-14-12-18(13-15-20)24(29)34-16-23(28)25-21-10-7-11-22(17(21)2)27(30)31/h4-15H,3,16H2,1-2H3,(H,25,28). The van der Waals surface area contributed by atoms with Crippen LogP contribution in [0.1, 0.15) is 22.8 Å². The summed E-state index contributed by atoms with van der Waals surface area (Å²) >= 11 is 0. The number of carbonyl (C=O) groups excluding carboxylic acids is 2. The summed E-state index contributed by atoms with van der Waals surface area (Å²) in [7, 11) is -3.85. The van der Waals surface area contributed by atoms with Crippen molar-refractivity contribution in [2.45, 2.75) is 18.7 Å². The molecule has 0 aliphatic carbocycles. The Kier molecular flexibility index (Phi) is 7.82. The zero-order valence-corrected chi connectivity index (χ0v) is 19.8. The van der Waals surface area contributed by atoms with Crippen molar-refractivity contribution in [1.29, 1.82) is 0 Å². The molecule has 3 aromatic rings. The van der Waals surface area contributed by atoms with Gasteiger partial charge in [-0.05, 0) is 56.3 Å². The number of benzene rings is 3. The molecule has 1 amide bonds. The van der Waals surface area contributed by atoms with Crippen molar-refractivity contribution in [3.05, 3.63) is 94.0 Å². The fourth-order valence-corrected chi connectivity index (χ4v) is 4.81. The van der Waals surface area contributed by atoms with Gasteiger partial charge in [0, 0.05) is 12.6 Å². The van der Waals surface area contributed by atoms with Crippen LogP contribution in [-0.4, -0.2) is 38.4 Å². The Hall–Kier alpha value is -4.25. The summed E-state index contributed by atoms with van der Waals surface area (Å²) in [6, 6.07) is 18.1. The quantitative estimate of drug-likeness (QED) is 0.269. The van der Waals surface area contributed by atoms with Gasteiger partial charge in [-0.25, -0.2) is 13.2 Å². The van der Waals surface area contributed by atoms with Crippen molar-refractivity contribution in [2.24, 2.45) is 0 Å². The molecule has 0 aliphatic heterocycles. The maximum Gasteiger partial charge on any atom is 0.338 e. The smallest absolute Gasteiger partial charge is 0.338 e. The maximum absolute atomic E-state index is 13.0. The third-order valence-electron chi connectivity index (χ3n) is 5.12. The van der Waals surface area contributed by atoms with Crippen LogP contribution < -0.4 is 9.62 Å². The third-order valence-corrected chi connectivity index (χ3v) is 7.04. The molecule has 0 fully saturated rings. The number of hydrogen-bond donors (Lipinski definition) is 1. The molecule has 0 saturated carbocycles. The number of nitro benzene ring substituents is 1. The van der Waals surface area contributed by atoms with Crippen molar-refractivity contribution in [3.8, 4) is 0 Å². The number of para-hydroxylation sites is 1. The van der Waals surface area contributed by atoms with E-state index in [1.165, 1.54) is 53.7 Å². The van der Waals surface area contributed by atoms with Crippen LogP contribution in [0, 0.1) is 17.0 Å². The minimum absolute atomic E-state index is 0.00126. The molecule has 1 N–H and O–H groups in total. The number of amides is 1. The number of nitrogens with one attached hydrogen (secondary N) is 1. The molecule has 11 heteroatoms. The normalized spacial score (nSPS) is 10.9. The fourth-order valence-electron chi connectivity index (χ4n) is 3.33. The Bertz CT molecular complexity index is 1340. The van der Waals surface area contributed by atoms with Gasteiger partial charge in [-0.1, -0.05) is 24.3 Å². The average Bonchev–Trinajstić information content (AvgIpc) is 2.84. The lowest BCUT2D eigenvalue weighted by Gasteiger charge is -2.22. The molecule has 0 spiro atoms. The van der Waals surface area contributed by atoms with Gasteiger partial charge < -0.3 is 10.1 Å². The lowest BCUT2D eigenvalue weighted by molar-refractivity contribution is -0.385. The molecule has 0 aliphatic rings. The third kappa shape index (κ3) is 5.82. The van der Waals surface area contributed by atoms with E-state index in [4.69, 9.17) is 4.74 Å². The van der Waals surface area contributed by atoms with Crippen molar-refractivity contribution < 1.29 is 27.7 Å². The summed E-state index contributed by atoms with van der Waals surface area (Å²) in [5.74, 6) is -1.50. The highest BCUT2D eigenvalue weighted by Crippen LogP contribution is 2.25. The summed E-state index contributed by atoms with van der Waals surface area (Å²) in [5.41, 5.74) is 0.928. The minimum atomic E-state index is -3.85. The number of nitrogens with zero attached hydrogens (tertiary/aromatic N) is 2. The molecule has 0 heterocycles. The van der Waals surface area contributed by atoms with Gasteiger partial charge in [0.1, 0.15) is 0 Å². The van der Waals surface area contributed by atoms with E-state index in [-0.39, 0.29) is 33.9 Å². The Labute approximate surface area is 202 Å². The van der Waals surface area contributed by atoms with E-state index in [1.54, 1.807) is 37.3 Å².